The molecule has 0 aliphatic rings. The molecule has 1 atom stereocenters. The molecule has 0 radical (unpaired) electrons. The average Bonchev–Trinajstić information content (AvgIpc) is 3.21. The number of aromatic nitrogens is 3. The van der Waals surface area contributed by atoms with Gasteiger partial charge in [0.05, 0.1) is 12.2 Å². The molecule has 0 spiro atoms. The molecule has 0 aliphatic carbocycles. The van der Waals surface area contributed by atoms with E-state index >= 15 is 0 Å². The summed E-state index contributed by atoms with van der Waals surface area (Å²) >= 11 is 5.92. The predicted molar refractivity (Wildman–Crippen MR) is 121 cm³/mol. The molecule has 2 aromatic carbocycles. The second-order valence-corrected chi connectivity index (χ2v) is 8.49. The predicted octanol–water partition coefficient (Wildman–Crippen LogP) is 3.68. The van der Waals surface area contributed by atoms with Crippen molar-refractivity contribution in [2.75, 3.05) is 5.32 Å². The first kappa shape index (κ1) is 23.4. The molecule has 32 heavy (non-hydrogen) atoms. The largest absolute Gasteiger partial charge is 0.325 e. The summed E-state index contributed by atoms with van der Waals surface area (Å²) < 4.78 is 1.75. The lowest BCUT2D eigenvalue weighted by Crippen LogP contribution is -2.37. The number of rotatable bonds is 9. The van der Waals surface area contributed by atoms with Gasteiger partial charge >= 0.3 is 0 Å². The molecule has 3 rings (SSSR count). The lowest BCUT2D eigenvalue weighted by molar-refractivity contribution is -0.139. The number of anilines is 1. The van der Waals surface area contributed by atoms with Crippen LogP contribution < -0.4 is 10.8 Å². The van der Waals surface area contributed by atoms with Crippen LogP contribution in [-0.4, -0.2) is 32.0 Å². The Morgan fingerprint density at radius 3 is 2.31 bits per heavy atom. The first-order chi connectivity index (χ1) is 15.3. The highest BCUT2D eigenvalue weighted by atomic mass is 35.5. The Labute approximate surface area is 191 Å². The lowest BCUT2D eigenvalue weighted by atomic mass is 9.95. The van der Waals surface area contributed by atoms with Crippen molar-refractivity contribution in [3.8, 4) is 0 Å². The maximum absolute atomic E-state index is 12.5. The summed E-state index contributed by atoms with van der Waals surface area (Å²) in [6, 6.07) is 14.9. The highest BCUT2D eigenvalue weighted by Gasteiger charge is 2.27. The van der Waals surface area contributed by atoms with Crippen molar-refractivity contribution >= 4 is 29.1 Å². The second kappa shape index (κ2) is 10.9. The van der Waals surface area contributed by atoms with Crippen molar-refractivity contribution in [2.24, 2.45) is 11.8 Å². The van der Waals surface area contributed by atoms with Crippen molar-refractivity contribution in [3.63, 3.8) is 0 Å². The number of hydroxylamine groups is 1. The van der Waals surface area contributed by atoms with Gasteiger partial charge in [-0.25, -0.2) is 10.2 Å². The Balaban J connectivity index is 1.58. The molecule has 3 N–H and O–H groups in total. The van der Waals surface area contributed by atoms with Crippen LogP contribution in [0.5, 0.6) is 0 Å². The summed E-state index contributed by atoms with van der Waals surface area (Å²) in [4.78, 5) is 24.3. The Morgan fingerprint density at radius 1 is 1.03 bits per heavy atom. The number of hydrogen-bond acceptors (Lipinski definition) is 5. The fourth-order valence-corrected chi connectivity index (χ4v) is 3.43. The minimum Gasteiger partial charge on any atom is -0.325 e. The summed E-state index contributed by atoms with van der Waals surface area (Å²) in [5.74, 6) is -2.01. The first-order valence-electron chi connectivity index (χ1n) is 10.3. The Hall–Kier alpha value is -3.23. The summed E-state index contributed by atoms with van der Waals surface area (Å²) in [6.07, 6.45) is 2.90. The molecule has 0 saturated heterocycles. The van der Waals surface area contributed by atoms with Gasteiger partial charge in [0.1, 0.15) is 5.92 Å². The van der Waals surface area contributed by atoms with Gasteiger partial charge in [0, 0.05) is 23.3 Å². The molecule has 3 aromatic rings. The van der Waals surface area contributed by atoms with Gasteiger partial charge in [0.15, 0.2) is 0 Å². The minimum absolute atomic E-state index is 0.123. The van der Waals surface area contributed by atoms with Gasteiger partial charge in [-0.3, -0.25) is 14.8 Å². The third-order valence-electron chi connectivity index (χ3n) is 4.90. The topological polar surface area (TPSA) is 109 Å². The smallest absolute Gasteiger partial charge is 0.255 e. The number of halogens is 1. The number of hydrogen-bond donors (Lipinski definition) is 3. The summed E-state index contributed by atoms with van der Waals surface area (Å²) in [6.45, 7) is 4.35. The maximum atomic E-state index is 12.5. The molecule has 1 unspecified atom stereocenters. The van der Waals surface area contributed by atoms with Crippen LogP contribution >= 0.6 is 11.6 Å². The van der Waals surface area contributed by atoms with Gasteiger partial charge in [-0.2, -0.15) is 0 Å². The zero-order chi connectivity index (χ0) is 23.1. The van der Waals surface area contributed by atoms with Crippen LogP contribution in [0.3, 0.4) is 0 Å². The van der Waals surface area contributed by atoms with Crippen molar-refractivity contribution in [3.05, 3.63) is 76.6 Å². The van der Waals surface area contributed by atoms with E-state index in [1.54, 1.807) is 22.3 Å². The molecule has 0 saturated carbocycles. The molecule has 2 amide bonds. The molecule has 168 valence electrons. The fraction of sp³-hybridized carbons (Fsp3) is 0.304. The maximum Gasteiger partial charge on any atom is 0.255 e. The highest BCUT2D eigenvalue weighted by Crippen LogP contribution is 2.17. The van der Waals surface area contributed by atoms with Gasteiger partial charge in [-0.1, -0.05) is 54.9 Å². The third-order valence-corrected chi connectivity index (χ3v) is 5.15. The van der Waals surface area contributed by atoms with Gasteiger partial charge in [0.2, 0.25) is 5.91 Å². The van der Waals surface area contributed by atoms with Gasteiger partial charge in [-0.15, -0.1) is 5.10 Å². The summed E-state index contributed by atoms with van der Waals surface area (Å²) in [5, 5.41) is 20.7. The van der Waals surface area contributed by atoms with E-state index in [-0.39, 0.29) is 5.92 Å². The number of nitrogens with zero attached hydrogens (tertiary/aromatic N) is 3. The molecule has 0 bridgehead atoms. The van der Waals surface area contributed by atoms with Crippen molar-refractivity contribution in [2.45, 2.75) is 33.2 Å². The van der Waals surface area contributed by atoms with E-state index in [4.69, 9.17) is 16.8 Å². The number of benzene rings is 2. The monoisotopic (exact) mass is 455 g/mol. The van der Waals surface area contributed by atoms with Crippen LogP contribution in [0.4, 0.5) is 5.69 Å². The summed E-state index contributed by atoms with van der Waals surface area (Å²) in [5.41, 5.74) is 5.09. The van der Waals surface area contributed by atoms with E-state index < -0.39 is 17.7 Å². The van der Waals surface area contributed by atoms with Crippen LogP contribution in [0.25, 0.3) is 0 Å². The Bertz CT molecular complexity index is 1050. The average molecular weight is 456 g/mol. The molecule has 0 aliphatic heterocycles. The number of carbonyl (C=O) groups excluding carboxylic acids is 2. The van der Waals surface area contributed by atoms with Gasteiger partial charge < -0.3 is 5.32 Å². The van der Waals surface area contributed by atoms with E-state index in [0.29, 0.717) is 30.1 Å². The third kappa shape index (κ3) is 6.63. The van der Waals surface area contributed by atoms with E-state index in [2.05, 4.69) is 15.6 Å². The number of amides is 2. The number of carbonyl (C=O) groups is 2. The molecule has 9 heteroatoms. The van der Waals surface area contributed by atoms with Gasteiger partial charge in [0.25, 0.3) is 5.91 Å². The molecule has 1 heterocycles. The normalized spacial score (nSPS) is 11.9. The number of nitrogens with one attached hydrogen (secondary N) is 2. The molecular formula is C23H26ClN5O3. The van der Waals surface area contributed by atoms with E-state index in [9.17, 15) is 9.59 Å². The molecular weight excluding hydrogens is 430 g/mol. The second-order valence-electron chi connectivity index (χ2n) is 8.06. The van der Waals surface area contributed by atoms with E-state index in [1.165, 1.54) is 0 Å². The quantitative estimate of drug-likeness (QED) is 0.259. The van der Waals surface area contributed by atoms with Crippen molar-refractivity contribution in [1.82, 2.24) is 20.5 Å². The standard InChI is InChI=1S/C23H26ClN5O3/c1-15(2)11-21(23(31)27-32)22(30)25-19-9-5-17(6-10-19)13-29-14-20(26-28-29)12-16-3-7-18(24)8-4-16/h3-10,14-15,21,32H,11-13H2,1-2H3,(H,25,30)(H,27,31). The Morgan fingerprint density at radius 2 is 1.69 bits per heavy atom. The minimum atomic E-state index is -0.964. The van der Waals surface area contributed by atoms with Crippen LogP contribution in [0.15, 0.2) is 54.7 Å². The van der Waals surface area contributed by atoms with Crippen LogP contribution in [0, 0.1) is 11.8 Å². The van der Waals surface area contributed by atoms with Crippen LogP contribution in [0.1, 0.15) is 37.1 Å². The van der Waals surface area contributed by atoms with Crippen LogP contribution in [-0.2, 0) is 22.6 Å². The van der Waals surface area contributed by atoms with Crippen LogP contribution in [0.2, 0.25) is 5.02 Å². The zero-order valence-corrected chi connectivity index (χ0v) is 18.7. The Kier molecular flexibility index (Phi) is 7.97. The van der Waals surface area contributed by atoms with Gasteiger partial charge in [-0.05, 0) is 47.7 Å². The first-order valence-corrected chi connectivity index (χ1v) is 10.7. The molecule has 1 aromatic heterocycles. The highest BCUT2D eigenvalue weighted by molar-refractivity contribution is 6.30. The zero-order valence-electron chi connectivity index (χ0n) is 18.0. The van der Waals surface area contributed by atoms with E-state index in [0.717, 1.165) is 16.8 Å². The summed E-state index contributed by atoms with van der Waals surface area (Å²) in [7, 11) is 0. The van der Waals surface area contributed by atoms with E-state index in [1.807, 2.05) is 56.4 Å². The van der Waals surface area contributed by atoms with Crippen molar-refractivity contribution in [1.29, 1.82) is 0 Å². The SMILES string of the molecule is CC(C)CC(C(=O)NO)C(=O)Nc1ccc(Cn2cc(Cc3ccc(Cl)cc3)nn2)cc1. The molecule has 8 nitrogen and oxygen atoms in total. The fourth-order valence-electron chi connectivity index (χ4n) is 3.30. The van der Waals surface area contributed by atoms with Crippen molar-refractivity contribution < 1.29 is 14.8 Å². The lowest BCUT2D eigenvalue weighted by Gasteiger charge is -2.17. The molecule has 0 fully saturated rings.